The van der Waals surface area contributed by atoms with Gasteiger partial charge in [0.1, 0.15) is 16.5 Å². The van der Waals surface area contributed by atoms with E-state index in [0.29, 0.717) is 0 Å². The number of primary amides is 1. The van der Waals surface area contributed by atoms with Crippen LogP contribution in [0.2, 0.25) is 0 Å². The third-order valence-electron chi connectivity index (χ3n) is 3.90. The summed E-state index contributed by atoms with van der Waals surface area (Å²) < 4.78 is 30.2. The van der Waals surface area contributed by atoms with Gasteiger partial charge in [-0.3, -0.25) is 0 Å². The van der Waals surface area contributed by atoms with E-state index in [1.807, 2.05) is 36.7 Å². The standard InChI is InChI=1S/C16H20N2O4S2/c1-16(2,12-6-7-23-9-12)11-4-5-13(22-3)14(8-11)24(20,21)10-18-15(17)19/h4-9H,10H2,1-3H3,(H3,17,18,19). The van der Waals surface area contributed by atoms with Crippen molar-refractivity contribution in [2.24, 2.45) is 5.73 Å². The zero-order valence-electron chi connectivity index (χ0n) is 13.7. The Morgan fingerprint density at radius 1 is 1.29 bits per heavy atom. The number of hydrogen-bond donors (Lipinski definition) is 2. The van der Waals surface area contributed by atoms with E-state index in [1.54, 1.807) is 23.5 Å². The molecule has 24 heavy (non-hydrogen) atoms. The molecule has 3 N–H and O–H groups in total. The number of carbonyl (C=O) groups excluding carboxylic acids is 1. The molecule has 1 aromatic carbocycles. The summed E-state index contributed by atoms with van der Waals surface area (Å²) in [5.41, 5.74) is 6.53. The average molecular weight is 368 g/mol. The van der Waals surface area contributed by atoms with Crippen LogP contribution >= 0.6 is 11.3 Å². The van der Waals surface area contributed by atoms with E-state index in [1.165, 1.54) is 7.11 Å². The van der Waals surface area contributed by atoms with Crippen LogP contribution in [0.4, 0.5) is 4.79 Å². The number of benzene rings is 1. The molecule has 0 fully saturated rings. The summed E-state index contributed by atoms with van der Waals surface area (Å²) >= 11 is 1.59. The first-order valence-corrected chi connectivity index (χ1v) is 9.75. The molecule has 2 amide bonds. The summed E-state index contributed by atoms with van der Waals surface area (Å²) in [7, 11) is -2.38. The van der Waals surface area contributed by atoms with Crippen molar-refractivity contribution in [3.05, 3.63) is 46.2 Å². The number of nitrogens with one attached hydrogen (secondary N) is 1. The molecular weight excluding hydrogens is 348 g/mol. The number of carbonyl (C=O) groups is 1. The van der Waals surface area contributed by atoms with Crippen molar-refractivity contribution in [3.63, 3.8) is 0 Å². The van der Waals surface area contributed by atoms with Gasteiger partial charge in [-0.05, 0) is 40.1 Å². The maximum atomic E-state index is 12.5. The molecule has 0 saturated carbocycles. The maximum absolute atomic E-state index is 12.5. The average Bonchev–Trinajstić information content (AvgIpc) is 3.07. The van der Waals surface area contributed by atoms with Crippen molar-refractivity contribution in [2.75, 3.05) is 13.0 Å². The van der Waals surface area contributed by atoms with Crippen molar-refractivity contribution in [2.45, 2.75) is 24.2 Å². The van der Waals surface area contributed by atoms with Gasteiger partial charge in [0.15, 0.2) is 9.84 Å². The summed E-state index contributed by atoms with van der Waals surface area (Å²) in [5.74, 6) is -0.354. The predicted molar refractivity (Wildman–Crippen MR) is 94.2 cm³/mol. The smallest absolute Gasteiger partial charge is 0.313 e. The minimum Gasteiger partial charge on any atom is -0.495 e. The Labute approximate surface area is 145 Å². The van der Waals surface area contributed by atoms with Crippen molar-refractivity contribution in [1.82, 2.24) is 5.32 Å². The highest BCUT2D eigenvalue weighted by Crippen LogP contribution is 2.36. The Balaban J connectivity index is 2.50. The number of hydrogen-bond acceptors (Lipinski definition) is 5. The van der Waals surface area contributed by atoms with Crippen LogP contribution in [0.25, 0.3) is 0 Å². The highest BCUT2D eigenvalue weighted by atomic mass is 32.2. The van der Waals surface area contributed by atoms with Gasteiger partial charge in [0.25, 0.3) is 0 Å². The SMILES string of the molecule is COc1ccc(C(C)(C)c2ccsc2)cc1S(=O)(=O)CNC(N)=O. The van der Waals surface area contributed by atoms with Crippen LogP contribution in [0.15, 0.2) is 39.9 Å². The topological polar surface area (TPSA) is 98.5 Å². The highest BCUT2D eigenvalue weighted by molar-refractivity contribution is 7.91. The third-order valence-corrected chi connectivity index (χ3v) is 6.10. The van der Waals surface area contributed by atoms with Gasteiger partial charge >= 0.3 is 6.03 Å². The fraction of sp³-hybridized carbons (Fsp3) is 0.312. The number of nitrogens with two attached hydrogens (primary N) is 1. The zero-order valence-corrected chi connectivity index (χ0v) is 15.3. The summed E-state index contributed by atoms with van der Waals surface area (Å²) in [4.78, 5) is 10.9. The van der Waals surface area contributed by atoms with E-state index in [4.69, 9.17) is 10.5 Å². The van der Waals surface area contributed by atoms with E-state index < -0.39 is 21.7 Å². The first-order valence-electron chi connectivity index (χ1n) is 7.15. The first-order chi connectivity index (χ1) is 11.2. The van der Waals surface area contributed by atoms with Crippen molar-refractivity contribution in [1.29, 1.82) is 0 Å². The molecule has 0 radical (unpaired) electrons. The lowest BCUT2D eigenvalue weighted by Crippen LogP contribution is -2.34. The number of thiophene rings is 1. The molecule has 0 saturated heterocycles. The van der Waals surface area contributed by atoms with Gasteiger partial charge < -0.3 is 15.8 Å². The number of methoxy groups -OCH3 is 1. The number of sulfone groups is 1. The van der Waals surface area contributed by atoms with Crippen LogP contribution in [-0.4, -0.2) is 27.4 Å². The second-order valence-corrected chi connectivity index (χ2v) is 8.54. The molecular formula is C16H20N2O4S2. The monoisotopic (exact) mass is 368 g/mol. The number of urea groups is 1. The third kappa shape index (κ3) is 3.70. The molecule has 6 nitrogen and oxygen atoms in total. The molecule has 0 atom stereocenters. The molecule has 0 aliphatic heterocycles. The van der Waals surface area contributed by atoms with Crippen LogP contribution in [0.1, 0.15) is 25.0 Å². The minimum atomic E-state index is -3.78. The highest BCUT2D eigenvalue weighted by Gasteiger charge is 2.28. The summed E-state index contributed by atoms with van der Waals surface area (Å²) in [6.45, 7) is 4.05. The van der Waals surface area contributed by atoms with E-state index in [9.17, 15) is 13.2 Å². The quantitative estimate of drug-likeness (QED) is 0.818. The summed E-state index contributed by atoms with van der Waals surface area (Å²) in [6.07, 6.45) is 0. The second kappa shape index (κ2) is 6.82. The Hall–Kier alpha value is -2.06. The number of ether oxygens (including phenoxy) is 1. The molecule has 0 spiro atoms. The number of amides is 2. The Morgan fingerprint density at radius 3 is 2.54 bits per heavy atom. The summed E-state index contributed by atoms with van der Waals surface area (Å²) in [5, 5.41) is 6.13. The van der Waals surface area contributed by atoms with Crippen LogP contribution in [0, 0.1) is 0 Å². The Morgan fingerprint density at radius 2 is 2.00 bits per heavy atom. The molecule has 2 rings (SSSR count). The van der Waals surface area contributed by atoms with E-state index in [2.05, 4.69) is 5.32 Å². The molecule has 0 aliphatic carbocycles. The van der Waals surface area contributed by atoms with Gasteiger partial charge in [-0.25, -0.2) is 13.2 Å². The summed E-state index contributed by atoms with van der Waals surface area (Å²) in [6, 6.07) is 6.18. The molecule has 0 unspecified atom stereocenters. The molecule has 8 heteroatoms. The lowest BCUT2D eigenvalue weighted by Gasteiger charge is -2.25. The Kier molecular flexibility index (Phi) is 5.19. The molecule has 1 heterocycles. The normalized spacial score (nSPS) is 12.0. The number of rotatable bonds is 6. The van der Waals surface area contributed by atoms with Gasteiger partial charge in [-0.2, -0.15) is 11.3 Å². The van der Waals surface area contributed by atoms with Crippen LogP contribution in [0.3, 0.4) is 0 Å². The van der Waals surface area contributed by atoms with Gasteiger partial charge in [0.2, 0.25) is 0 Å². The molecule has 130 valence electrons. The van der Waals surface area contributed by atoms with Gasteiger partial charge in [0.05, 0.1) is 7.11 Å². The van der Waals surface area contributed by atoms with E-state index >= 15 is 0 Å². The predicted octanol–water partition coefficient (Wildman–Crippen LogP) is 2.48. The van der Waals surface area contributed by atoms with Crippen LogP contribution < -0.4 is 15.8 Å². The fourth-order valence-corrected chi connectivity index (χ4v) is 4.41. The zero-order chi connectivity index (χ0) is 18.0. The minimum absolute atomic E-state index is 0.0274. The molecule has 0 aliphatic rings. The lowest BCUT2D eigenvalue weighted by atomic mass is 9.79. The van der Waals surface area contributed by atoms with Crippen LogP contribution in [-0.2, 0) is 15.3 Å². The van der Waals surface area contributed by atoms with Gasteiger partial charge in [-0.15, -0.1) is 0 Å². The second-order valence-electron chi connectivity index (χ2n) is 5.80. The molecule has 1 aromatic heterocycles. The Bertz CT molecular complexity index is 828. The van der Waals surface area contributed by atoms with Crippen molar-refractivity contribution < 1.29 is 17.9 Å². The van der Waals surface area contributed by atoms with Crippen LogP contribution in [0.5, 0.6) is 5.75 Å². The fourth-order valence-electron chi connectivity index (χ4n) is 2.34. The van der Waals surface area contributed by atoms with Gasteiger partial charge in [0, 0.05) is 5.41 Å². The largest absolute Gasteiger partial charge is 0.495 e. The van der Waals surface area contributed by atoms with Crippen molar-refractivity contribution >= 4 is 27.2 Å². The van der Waals surface area contributed by atoms with Gasteiger partial charge in [-0.1, -0.05) is 19.9 Å². The molecule has 2 aromatic rings. The van der Waals surface area contributed by atoms with Crippen molar-refractivity contribution in [3.8, 4) is 5.75 Å². The lowest BCUT2D eigenvalue weighted by molar-refractivity contribution is 0.250. The maximum Gasteiger partial charge on any atom is 0.313 e. The van der Waals surface area contributed by atoms with E-state index in [0.717, 1.165) is 11.1 Å². The van der Waals surface area contributed by atoms with E-state index in [-0.39, 0.29) is 16.1 Å². The molecule has 0 bridgehead atoms. The first kappa shape index (κ1) is 18.3.